The summed E-state index contributed by atoms with van der Waals surface area (Å²) in [7, 11) is 0. The third kappa shape index (κ3) is 23.6. The van der Waals surface area contributed by atoms with Crippen LogP contribution in [0.4, 0.5) is 0 Å². The number of nitrogens with zero attached hydrogens (tertiary/aromatic N) is 3. The van der Waals surface area contributed by atoms with E-state index in [9.17, 15) is 73.8 Å². The molecule has 6 heterocycles. The Kier molecular flexibility index (Phi) is 31.9. The van der Waals surface area contributed by atoms with Gasteiger partial charge in [0.25, 0.3) is 0 Å². The van der Waals surface area contributed by atoms with Crippen molar-refractivity contribution in [1.29, 1.82) is 0 Å². The first kappa shape index (κ1) is 90.3. The Hall–Kier alpha value is -7.86. The number of benzene rings is 3. The topological polar surface area (TPSA) is 432 Å². The molecule has 111 heavy (non-hydrogen) atoms. The van der Waals surface area contributed by atoms with Gasteiger partial charge >= 0.3 is 37.8 Å². The Bertz CT molecular complexity index is 3840. The fourth-order valence-corrected chi connectivity index (χ4v) is 18.0. The molecular weight excluding hydrogens is 1570 g/mol. The van der Waals surface area contributed by atoms with Gasteiger partial charge in [-0.3, -0.25) is 57.9 Å². The number of esters is 3. The van der Waals surface area contributed by atoms with Crippen LogP contribution in [-0.2, 0) is 121 Å². The monoisotopic (exact) mass is 1660 g/mol. The highest BCUT2D eigenvalue weighted by atomic mass is 32.5. The summed E-state index contributed by atoms with van der Waals surface area (Å²) in [4.78, 5) is 112. The number of hydrogen-bond acceptors (Lipinski definition) is 30. The van der Waals surface area contributed by atoms with E-state index in [1.807, 2.05) is 0 Å². The lowest BCUT2D eigenvalue weighted by Crippen LogP contribution is -2.55. The normalized spacial score (nSPS) is 28.0. The molecule has 0 aromatic heterocycles. The molecule has 0 spiro atoms. The molecular formula is C72H87N6O27P3S3. The third-order valence-electron chi connectivity index (χ3n) is 16.3. The second-order valence-corrected chi connectivity index (χ2v) is 35.6. The summed E-state index contributed by atoms with van der Waals surface area (Å²) in [6.07, 6.45) is 7.73. The standard InChI is InChI=1S/3C24H29N2O9PS/c3*1-5-24(31)21(29)19(34-23(24)26-12-11-17(27)13-20(26)28)14-32-36(37,35-18-9-7-6-8-10-18)25-16(4)22(30)33-15(2)3/h3*1,6-12,15-16,19,21,23,29,31H,13-14H2,2-4H3,(H,25,37)/t16-,19+,21+,23+,24+,36?;16-,19+,21+,23+,24+,36+;16-,19+,21+,23+,24+,36-/m000/s1. The molecule has 0 bridgehead atoms. The SMILES string of the molecule is C#C[C@@]1(O)[C@H](O)[C@@H](COP(=S)(N[C@@H](C)C(=O)OC(C)C)Oc2ccccc2)O[C@H]1N1C=CC(=O)CC1=O.C#C[C@@]1(O)[C@H](O)[C@@H](CO[P@@](=S)(N[C@@H](C)C(=O)OC(C)C)Oc2ccccc2)O[C@H]1N1C=CC(=O)CC1=O.C#C[C@@]1(O)[C@H](O)[C@@H](CO[P@](=S)(N[C@@H](C)C(=O)OC(C)C)Oc2ccccc2)O[C@H]1N1C=CC(=O)CC1=O. The van der Waals surface area contributed by atoms with E-state index >= 15 is 0 Å². The maximum absolute atomic E-state index is 12.4. The Morgan fingerprint density at radius 3 is 0.874 bits per heavy atom. The minimum Gasteiger partial charge on any atom is -0.462 e. The number of aliphatic hydroxyl groups is 6. The van der Waals surface area contributed by atoms with E-state index in [1.54, 1.807) is 133 Å². The van der Waals surface area contributed by atoms with Gasteiger partial charge in [0.2, 0.25) is 17.7 Å². The molecule has 18 atom stereocenters. The van der Waals surface area contributed by atoms with Gasteiger partial charge in [0.15, 0.2) is 52.8 Å². The summed E-state index contributed by atoms with van der Waals surface area (Å²) in [5.74, 6) is 2.41. The number of carbonyl (C=O) groups is 9. The van der Waals surface area contributed by atoms with E-state index in [-0.39, 0.29) is 18.3 Å². The van der Waals surface area contributed by atoms with E-state index in [1.165, 1.54) is 20.8 Å². The Morgan fingerprint density at radius 2 is 0.676 bits per heavy atom. The quantitative estimate of drug-likeness (QED) is 0.0152. The van der Waals surface area contributed by atoms with Crippen molar-refractivity contribution in [2.75, 3.05) is 19.8 Å². The number of amides is 3. The summed E-state index contributed by atoms with van der Waals surface area (Å²) in [5.41, 5.74) is -6.92. The molecule has 9 rings (SSSR count). The number of allylic oxidation sites excluding steroid dienone is 3. The van der Waals surface area contributed by atoms with Gasteiger partial charge in [-0.05, 0) is 152 Å². The van der Waals surface area contributed by atoms with Crippen LogP contribution in [0.1, 0.15) is 81.6 Å². The molecule has 3 aromatic carbocycles. The first-order chi connectivity index (χ1) is 52.1. The molecule has 1 unspecified atom stereocenters. The number of ether oxygens (including phenoxy) is 6. The summed E-state index contributed by atoms with van der Waals surface area (Å²) < 4.78 is 68.2. The molecule has 600 valence electrons. The highest BCUT2D eigenvalue weighted by Gasteiger charge is 2.61. The maximum Gasteiger partial charge on any atom is 0.323 e. The number of carbonyl (C=O) groups excluding carboxylic acids is 9. The minimum absolute atomic E-state index is 0.354. The lowest BCUT2D eigenvalue weighted by molar-refractivity contribution is -0.154. The Balaban J connectivity index is 0.000000231. The molecule has 9 N–H and O–H groups in total. The zero-order chi connectivity index (χ0) is 82.1. The van der Waals surface area contributed by atoms with Gasteiger partial charge in [-0.1, -0.05) is 72.4 Å². The summed E-state index contributed by atoms with van der Waals surface area (Å²) in [6.45, 7) is 3.15. The number of terminal acetylenes is 3. The van der Waals surface area contributed by atoms with Crippen LogP contribution in [0.2, 0.25) is 0 Å². The van der Waals surface area contributed by atoms with Crippen molar-refractivity contribution in [3.05, 3.63) is 128 Å². The van der Waals surface area contributed by atoms with Gasteiger partial charge in [-0.15, -0.1) is 19.3 Å². The average Bonchev–Trinajstić information content (AvgIpc) is 1.62. The zero-order valence-corrected chi connectivity index (χ0v) is 66.6. The lowest BCUT2D eigenvalue weighted by Gasteiger charge is -2.33. The lowest BCUT2D eigenvalue weighted by atomic mass is 9.94. The number of nitrogens with one attached hydrogen (secondary N) is 3. The predicted octanol–water partition coefficient (Wildman–Crippen LogP) is 3.00. The van der Waals surface area contributed by atoms with Crippen LogP contribution >= 0.6 is 19.9 Å². The molecule has 0 saturated carbocycles. The molecule has 0 radical (unpaired) electrons. The molecule has 3 fully saturated rings. The highest BCUT2D eigenvalue weighted by molar-refractivity contribution is 8.09. The van der Waals surface area contributed by atoms with Gasteiger partial charge in [0.05, 0.1) is 57.4 Å². The van der Waals surface area contributed by atoms with Crippen LogP contribution in [0.3, 0.4) is 0 Å². The highest BCUT2D eigenvalue weighted by Crippen LogP contribution is 2.50. The Labute approximate surface area is 656 Å². The van der Waals surface area contributed by atoms with Crippen LogP contribution in [0.15, 0.2) is 128 Å². The average molecular weight is 1660 g/mol. The van der Waals surface area contributed by atoms with E-state index < -0.39 is 202 Å². The fraction of sp³-hybridized carbons (Fsp3) is 0.458. The molecule has 3 aromatic rings. The number of para-hydroxylation sites is 3. The van der Waals surface area contributed by atoms with Crippen molar-refractivity contribution < 1.29 is 129 Å². The minimum atomic E-state index is -3.48. The number of aliphatic hydroxyl groups excluding tert-OH is 3. The van der Waals surface area contributed by atoms with Crippen molar-refractivity contribution in [2.24, 2.45) is 0 Å². The van der Waals surface area contributed by atoms with Gasteiger partial charge in [-0.25, -0.2) is 15.3 Å². The van der Waals surface area contributed by atoms with Gasteiger partial charge in [-0.2, -0.15) is 0 Å². The van der Waals surface area contributed by atoms with E-state index in [0.29, 0.717) is 17.2 Å². The molecule has 6 aliphatic rings. The molecule has 6 aliphatic heterocycles. The van der Waals surface area contributed by atoms with E-state index in [4.69, 9.17) is 110 Å². The van der Waals surface area contributed by atoms with Gasteiger partial charge in [0, 0.05) is 18.6 Å². The zero-order valence-electron chi connectivity index (χ0n) is 61.4. The van der Waals surface area contributed by atoms with Crippen molar-refractivity contribution in [2.45, 2.75) is 190 Å². The fourth-order valence-electron chi connectivity index (χ4n) is 10.8. The molecule has 39 heteroatoms. The van der Waals surface area contributed by atoms with Crippen molar-refractivity contribution in [1.82, 2.24) is 30.0 Å². The number of hydrogen-bond donors (Lipinski definition) is 9. The molecule has 0 aliphatic carbocycles. The maximum atomic E-state index is 12.4. The molecule has 33 nitrogen and oxygen atoms in total. The van der Waals surface area contributed by atoms with Crippen molar-refractivity contribution in [3.8, 4) is 54.3 Å². The smallest absolute Gasteiger partial charge is 0.323 e. The van der Waals surface area contributed by atoms with Gasteiger partial charge < -0.3 is 86.2 Å². The third-order valence-corrected chi connectivity index (χ3v) is 23.8. The van der Waals surface area contributed by atoms with Crippen LogP contribution in [-0.4, -0.2) is 227 Å². The van der Waals surface area contributed by atoms with Crippen molar-refractivity contribution in [3.63, 3.8) is 0 Å². The summed E-state index contributed by atoms with van der Waals surface area (Å²) >= 11 is 16.9. The first-order valence-corrected chi connectivity index (χ1v) is 42.2. The van der Waals surface area contributed by atoms with Crippen molar-refractivity contribution >= 4 is 108 Å². The summed E-state index contributed by atoms with van der Waals surface area (Å²) in [6, 6.07) is 22.8. The second-order valence-electron chi connectivity index (χ2n) is 26.2. The van der Waals surface area contributed by atoms with E-state index in [2.05, 4.69) is 33.0 Å². The number of rotatable bonds is 30. The van der Waals surface area contributed by atoms with Crippen LogP contribution < -0.4 is 28.8 Å². The molecule has 3 amide bonds. The first-order valence-electron chi connectivity index (χ1n) is 34.2. The summed E-state index contributed by atoms with van der Waals surface area (Å²) in [5, 5.41) is 74.0. The molecule has 3 saturated heterocycles. The second kappa shape index (κ2) is 39.3. The van der Waals surface area contributed by atoms with Crippen LogP contribution in [0.5, 0.6) is 17.2 Å². The van der Waals surface area contributed by atoms with E-state index in [0.717, 1.165) is 51.5 Å². The predicted molar refractivity (Wildman–Crippen MR) is 406 cm³/mol. The van der Waals surface area contributed by atoms with Gasteiger partial charge in [0.1, 0.15) is 72.0 Å². The van der Waals surface area contributed by atoms with Crippen LogP contribution in [0, 0.1) is 37.0 Å². The Morgan fingerprint density at radius 1 is 0.450 bits per heavy atom. The van der Waals surface area contributed by atoms with Crippen LogP contribution in [0.25, 0.3) is 0 Å². The largest absolute Gasteiger partial charge is 0.462 e. The number of ketones is 3.